The molecule has 0 saturated carbocycles. The van der Waals surface area contributed by atoms with E-state index in [-0.39, 0.29) is 36.2 Å². The monoisotopic (exact) mass is 702 g/mol. The van der Waals surface area contributed by atoms with E-state index < -0.39 is 11.7 Å². The van der Waals surface area contributed by atoms with Crippen LogP contribution in [0.2, 0.25) is 0 Å². The molecule has 2 N–H and O–H groups in total. The minimum absolute atomic E-state index is 0.0767. The molecular weight excluding hydrogens is 627 g/mol. The van der Waals surface area contributed by atoms with Crippen molar-refractivity contribution in [2.75, 3.05) is 36.9 Å². The molecule has 1 aromatic rings. The Morgan fingerprint density at radius 1 is 0.980 bits per heavy atom. The van der Waals surface area contributed by atoms with Gasteiger partial charge in [-0.3, -0.25) is 4.79 Å². The van der Waals surface area contributed by atoms with Crippen molar-refractivity contribution in [2.45, 2.75) is 172 Å². The number of hydrogen-bond donors (Lipinski definition) is 2. The lowest BCUT2D eigenvalue weighted by Crippen LogP contribution is -2.36. The highest BCUT2D eigenvalue weighted by molar-refractivity contribution is 5.82. The molecule has 3 atom stereocenters. The number of hydrogen-bond acceptors (Lipinski definition) is 6. The van der Waals surface area contributed by atoms with Crippen molar-refractivity contribution in [3.63, 3.8) is 0 Å². The third-order valence-electron chi connectivity index (χ3n) is 7.77. The average molecular weight is 702 g/mol. The van der Waals surface area contributed by atoms with Crippen LogP contribution in [0.1, 0.15) is 165 Å². The van der Waals surface area contributed by atoms with Gasteiger partial charge in [-0.15, -0.1) is 0 Å². The van der Waals surface area contributed by atoms with Gasteiger partial charge in [-0.1, -0.05) is 140 Å². The van der Waals surface area contributed by atoms with Crippen molar-refractivity contribution in [2.24, 2.45) is 11.8 Å². The predicted molar refractivity (Wildman–Crippen MR) is 203 cm³/mol. The Kier molecular flexibility index (Phi) is 30.3. The van der Waals surface area contributed by atoms with E-state index in [0.29, 0.717) is 26.2 Å². The van der Waals surface area contributed by atoms with E-state index in [1.54, 1.807) is 4.90 Å². The number of ether oxygens (including phenoxy) is 1. The Labute approximate surface area is 299 Å². The van der Waals surface area contributed by atoms with Crippen LogP contribution in [0.3, 0.4) is 0 Å². The second-order valence-electron chi connectivity index (χ2n) is 12.4. The number of unbranched alkanes of at least 4 members (excludes halogenated alkanes) is 3. The predicted octanol–water partition coefficient (Wildman–Crippen LogP) is 11.9. The lowest BCUT2D eigenvalue weighted by molar-refractivity contribution is -0.137. The van der Waals surface area contributed by atoms with Crippen LogP contribution in [0.15, 0.2) is 18.0 Å². The van der Waals surface area contributed by atoms with E-state index in [1.165, 1.54) is 44.9 Å². The number of aromatic nitrogens is 2. The first-order valence-electron chi connectivity index (χ1n) is 19.6. The Morgan fingerprint density at radius 2 is 1.65 bits per heavy atom. The number of nitrogens with zero attached hydrogens (tertiary/aromatic N) is 3. The van der Waals surface area contributed by atoms with Gasteiger partial charge in [0.05, 0.1) is 25.2 Å². The normalized spacial score (nSPS) is 17.2. The average Bonchev–Trinajstić information content (AvgIpc) is 3.30. The number of nitrogens with one attached hydrogen (secondary N) is 2. The summed E-state index contributed by atoms with van der Waals surface area (Å²) in [4.78, 5) is 22.1. The summed E-state index contributed by atoms with van der Waals surface area (Å²) < 4.78 is 45.8. The van der Waals surface area contributed by atoms with E-state index in [1.807, 2.05) is 40.7 Å². The standard InChI is InChI=1S/C22H32F3N5O2.C10H22.C3H8.2C2H6/c1-3-5-8-16(7-4-2)28-21-27-12-18(22(23,24)25)19(29-21)26-9-6-10-30-17-11-15(20(30)31)13-32-14-17;1-4-6-7-9-10(3)8-5-2;1-3-2;2*1-2/h8,12,15,17H,3-7,9-11,13-14H2,1-2H3,(H2,26,27,28,29);10H,4-9H2,1-3H3;3H2,1-2H3;2*1-2H3/b16-8+;;;;. The maximum atomic E-state index is 13.5. The van der Waals surface area contributed by atoms with Gasteiger partial charge in [-0.2, -0.15) is 18.2 Å². The Bertz CT molecular complexity index is 974. The largest absolute Gasteiger partial charge is 0.421 e. The molecule has 1 aromatic heterocycles. The lowest BCUT2D eigenvalue weighted by atomic mass is 9.99. The van der Waals surface area contributed by atoms with Crippen molar-refractivity contribution < 1.29 is 22.7 Å². The minimum Gasteiger partial charge on any atom is -0.378 e. The van der Waals surface area contributed by atoms with Crippen LogP contribution in [0.5, 0.6) is 0 Å². The number of likely N-dealkylation sites (tertiary alicyclic amines) is 1. The first-order valence-corrected chi connectivity index (χ1v) is 19.6. The van der Waals surface area contributed by atoms with Crippen LogP contribution in [-0.2, 0) is 15.7 Å². The first-order chi connectivity index (χ1) is 23.6. The Balaban J connectivity index is 0. The number of amides is 1. The lowest BCUT2D eigenvalue weighted by Gasteiger charge is -2.24. The fourth-order valence-corrected chi connectivity index (χ4v) is 5.47. The smallest absolute Gasteiger partial charge is 0.378 e. The molecule has 0 aliphatic carbocycles. The maximum Gasteiger partial charge on any atom is 0.421 e. The third-order valence-corrected chi connectivity index (χ3v) is 7.77. The highest BCUT2D eigenvalue weighted by Gasteiger charge is 2.42. The molecule has 0 spiro atoms. The molecule has 1 amide bonds. The van der Waals surface area contributed by atoms with Gasteiger partial charge >= 0.3 is 6.18 Å². The number of carbonyl (C=O) groups excluding carboxylic acids is 1. The SMILES string of the molecule is CC.CC.CCC.CCC/C=C(\CCC)Nc1ncc(C(F)(F)F)c(NCCCN2C(=O)C3COCC2C3)n1.CCCCCC(C)CCC. The topological polar surface area (TPSA) is 79.4 Å². The van der Waals surface area contributed by atoms with Gasteiger partial charge in [0, 0.05) is 25.0 Å². The van der Waals surface area contributed by atoms with Crippen molar-refractivity contribution in [3.8, 4) is 0 Å². The molecule has 2 saturated heterocycles. The molecule has 2 bridgehead atoms. The fraction of sp³-hybridized carbons (Fsp3) is 0.821. The van der Waals surface area contributed by atoms with Gasteiger partial charge in [0.2, 0.25) is 11.9 Å². The molecule has 7 nitrogen and oxygen atoms in total. The summed E-state index contributed by atoms with van der Waals surface area (Å²) in [5.74, 6) is 0.858. The zero-order valence-electron chi connectivity index (χ0n) is 33.2. The second kappa shape index (κ2) is 30.5. The quantitative estimate of drug-likeness (QED) is 0.157. The summed E-state index contributed by atoms with van der Waals surface area (Å²) in [5.41, 5.74) is 0.0000707. The number of anilines is 2. The number of halogens is 3. The molecule has 0 radical (unpaired) electrons. The number of carbonyl (C=O) groups is 1. The van der Waals surface area contributed by atoms with Crippen LogP contribution in [-0.4, -0.2) is 53.1 Å². The Morgan fingerprint density at radius 3 is 2.20 bits per heavy atom. The van der Waals surface area contributed by atoms with Crippen molar-refractivity contribution in [3.05, 3.63) is 23.5 Å². The fourth-order valence-electron chi connectivity index (χ4n) is 5.47. The van der Waals surface area contributed by atoms with Gasteiger partial charge in [-0.25, -0.2) is 4.98 Å². The summed E-state index contributed by atoms with van der Waals surface area (Å²) in [6, 6.07) is 0.0775. The van der Waals surface area contributed by atoms with E-state index in [4.69, 9.17) is 4.74 Å². The van der Waals surface area contributed by atoms with E-state index in [0.717, 1.165) is 49.9 Å². The highest BCUT2D eigenvalue weighted by Crippen LogP contribution is 2.34. The zero-order chi connectivity index (χ0) is 37.7. The molecule has 3 unspecified atom stereocenters. The molecule has 3 rings (SSSR count). The van der Waals surface area contributed by atoms with Gasteiger partial charge in [-0.05, 0) is 31.6 Å². The molecule has 2 fully saturated rings. The number of allylic oxidation sites excluding steroid dienone is 2. The number of alkyl halides is 3. The van der Waals surface area contributed by atoms with Crippen LogP contribution < -0.4 is 10.6 Å². The van der Waals surface area contributed by atoms with E-state index >= 15 is 0 Å². The number of rotatable bonds is 17. The summed E-state index contributed by atoms with van der Waals surface area (Å²) >= 11 is 0. The van der Waals surface area contributed by atoms with Gasteiger partial charge < -0.3 is 20.3 Å². The summed E-state index contributed by atoms with van der Waals surface area (Å²) in [6.07, 6.45) is 12.8. The molecule has 0 aromatic carbocycles. The molecule has 49 heavy (non-hydrogen) atoms. The van der Waals surface area contributed by atoms with Crippen molar-refractivity contribution >= 4 is 17.7 Å². The minimum atomic E-state index is -4.56. The van der Waals surface area contributed by atoms with Crippen LogP contribution >= 0.6 is 0 Å². The summed E-state index contributed by atoms with van der Waals surface area (Å²) in [5, 5.41) is 5.87. The van der Waals surface area contributed by atoms with Crippen LogP contribution in [0.4, 0.5) is 24.9 Å². The van der Waals surface area contributed by atoms with E-state index in [2.05, 4.69) is 62.1 Å². The van der Waals surface area contributed by atoms with Gasteiger partial charge in [0.15, 0.2) is 0 Å². The second-order valence-corrected chi connectivity index (χ2v) is 12.4. The molecule has 3 heterocycles. The van der Waals surface area contributed by atoms with Crippen molar-refractivity contribution in [1.29, 1.82) is 0 Å². The van der Waals surface area contributed by atoms with Gasteiger partial charge in [0.25, 0.3) is 0 Å². The van der Waals surface area contributed by atoms with Crippen molar-refractivity contribution in [1.82, 2.24) is 14.9 Å². The third kappa shape index (κ3) is 20.8. The van der Waals surface area contributed by atoms with E-state index in [9.17, 15) is 18.0 Å². The molecule has 2 aliphatic heterocycles. The first kappa shape index (κ1) is 48.8. The van der Waals surface area contributed by atoms with Crippen LogP contribution in [0.25, 0.3) is 0 Å². The molecule has 288 valence electrons. The Hall–Kier alpha value is -2.36. The maximum absolute atomic E-state index is 13.5. The van der Waals surface area contributed by atoms with Gasteiger partial charge in [0.1, 0.15) is 11.4 Å². The summed E-state index contributed by atoms with van der Waals surface area (Å²) in [6.45, 7) is 25.0. The van der Waals surface area contributed by atoms with Crippen LogP contribution in [0, 0.1) is 11.8 Å². The molecule has 10 heteroatoms. The highest BCUT2D eigenvalue weighted by atomic mass is 19.4. The number of fused-ring (bicyclic) bond motifs is 2. The summed E-state index contributed by atoms with van der Waals surface area (Å²) in [7, 11) is 0. The molecule has 2 aliphatic rings. The molecular formula is C39H74F3N5O2. The zero-order valence-corrected chi connectivity index (χ0v) is 33.2.